The molecule has 1 aromatic carbocycles. The summed E-state index contributed by atoms with van der Waals surface area (Å²) in [5, 5.41) is 17.6. The highest BCUT2D eigenvalue weighted by Gasteiger charge is 2.54. The van der Waals surface area contributed by atoms with Crippen molar-refractivity contribution in [2.24, 2.45) is 25.9 Å². The molecule has 2 aromatic heterocycles. The molecule has 11 heteroatoms. The van der Waals surface area contributed by atoms with Gasteiger partial charge in [-0.15, -0.1) is 0 Å². The second-order valence-corrected chi connectivity index (χ2v) is 10.2. The maximum absolute atomic E-state index is 13.6. The summed E-state index contributed by atoms with van der Waals surface area (Å²) in [6.45, 7) is 1.61. The van der Waals surface area contributed by atoms with Gasteiger partial charge in [-0.05, 0) is 68.2 Å². The van der Waals surface area contributed by atoms with Crippen LogP contribution in [0.2, 0.25) is 0 Å². The molecule has 0 saturated heterocycles. The fraction of sp³-hybridized carbons (Fsp3) is 0.480. The number of aliphatic hydroxyl groups is 1. The van der Waals surface area contributed by atoms with Crippen molar-refractivity contribution in [3.8, 4) is 0 Å². The Morgan fingerprint density at radius 2 is 1.86 bits per heavy atom. The molecular weight excluding hydrogens is 478 g/mol. The number of nitrogens with zero attached hydrogens (tertiary/aromatic N) is 4. The highest BCUT2D eigenvalue weighted by Crippen LogP contribution is 2.57. The van der Waals surface area contributed by atoms with E-state index in [4.69, 9.17) is 0 Å². The number of anilines is 1. The molecule has 0 radical (unpaired) electrons. The zero-order valence-electron chi connectivity index (χ0n) is 20.1. The summed E-state index contributed by atoms with van der Waals surface area (Å²) in [5.41, 5.74) is -0.898. The average molecular weight is 506 g/mol. The molecule has 7 nitrogen and oxygen atoms in total. The number of nitrogens with one attached hydrogen (secondary N) is 1. The topological polar surface area (TPSA) is 85.0 Å². The Balaban J connectivity index is 1.34. The molecule has 1 amide bonds. The number of aryl methyl sites for hydroxylation is 3. The summed E-state index contributed by atoms with van der Waals surface area (Å²) in [6, 6.07) is 4.34. The van der Waals surface area contributed by atoms with E-state index in [2.05, 4.69) is 15.4 Å². The molecule has 5 rings (SSSR count). The number of imidazole rings is 1. The fourth-order valence-corrected chi connectivity index (χ4v) is 6.08. The van der Waals surface area contributed by atoms with Crippen LogP contribution in [0.5, 0.6) is 0 Å². The number of aromatic nitrogens is 4. The van der Waals surface area contributed by atoms with Gasteiger partial charge in [0.05, 0.1) is 17.6 Å². The van der Waals surface area contributed by atoms with Crippen molar-refractivity contribution in [2.45, 2.75) is 50.3 Å². The summed E-state index contributed by atoms with van der Waals surface area (Å²) >= 11 is 0. The van der Waals surface area contributed by atoms with Gasteiger partial charge in [-0.3, -0.25) is 9.48 Å². The lowest BCUT2D eigenvalue weighted by atomic mass is 9.87. The second-order valence-electron chi connectivity index (χ2n) is 10.2. The van der Waals surface area contributed by atoms with Crippen molar-refractivity contribution in [3.05, 3.63) is 64.7 Å². The van der Waals surface area contributed by atoms with Crippen molar-refractivity contribution in [2.75, 3.05) is 5.32 Å². The molecule has 2 aliphatic rings. The molecular formula is C25H27F4N5O2. The Morgan fingerprint density at radius 1 is 1.19 bits per heavy atom. The van der Waals surface area contributed by atoms with Crippen LogP contribution < -0.4 is 5.32 Å². The molecule has 2 atom stereocenters. The van der Waals surface area contributed by atoms with E-state index in [0.29, 0.717) is 35.5 Å². The summed E-state index contributed by atoms with van der Waals surface area (Å²) in [7, 11) is 3.13. The smallest absolute Gasteiger partial charge is 0.385 e. The Hall–Kier alpha value is -3.21. The standard InChI is InChI=1S/C25H27F4N5O2/c1-13-6-17(4-5-19(13)26)31-23(35)21-20(30-12-33(21)2)14-7-15-9-24(36,10-16(15)8-14)18-11-34(3)32-22(18)25(27,28)29/h4-6,11-12,14-16,36H,7-10H2,1-3H3,(H,31,35). The average Bonchev–Trinajstić information content (AvgIpc) is 3.52. The SMILES string of the molecule is Cc1cc(NC(=O)c2c(C3CC4CC(O)(c5cn(C)nc5C(F)(F)F)CC4C3)ncn2C)ccc1F. The van der Waals surface area contributed by atoms with E-state index in [1.165, 1.54) is 25.4 Å². The largest absolute Gasteiger partial charge is 0.435 e. The number of halogens is 4. The maximum Gasteiger partial charge on any atom is 0.435 e. The number of amides is 1. The van der Waals surface area contributed by atoms with Crippen molar-refractivity contribution in [1.82, 2.24) is 19.3 Å². The summed E-state index contributed by atoms with van der Waals surface area (Å²) < 4.78 is 56.9. The first kappa shape index (κ1) is 24.5. The number of hydrogen-bond acceptors (Lipinski definition) is 4. The highest BCUT2D eigenvalue weighted by molar-refractivity contribution is 6.04. The number of fused-ring (bicyclic) bond motifs is 1. The Labute approximate surface area is 205 Å². The third kappa shape index (κ3) is 4.19. The van der Waals surface area contributed by atoms with Gasteiger partial charge in [0.25, 0.3) is 5.91 Å². The van der Waals surface area contributed by atoms with Crippen LogP contribution >= 0.6 is 0 Å². The van der Waals surface area contributed by atoms with Crippen LogP contribution in [-0.4, -0.2) is 30.3 Å². The highest BCUT2D eigenvalue weighted by atomic mass is 19.4. The molecule has 0 aliphatic heterocycles. The van der Waals surface area contributed by atoms with Crippen molar-refractivity contribution in [1.29, 1.82) is 0 Å². The van der Waals surface area contributed by atoms with Gasteiger partial charge in [0.15, 0.2) is 5.69 Å². The number of hydrogen-bond donors (Lipinski definition) is 2. The Bertz CT molecular complexity index is 1310. The van der Waals surface area contributed by atoms with Gasteiger partial charge in [0, 0.05) is 37.5 Å². The third-order valence-electron chi connectivity index (χ3n) is 7.62. The zero-order valence-corrected chi connectivity index (χ0v) is 20.1. The summed E-state index contributed by atoms with van der Waals surface area (Å²) in [4.78, 5) is 17.6. The first-order valence-electron chi connectivity index (χ1n) is 11.8. The van der Waals surface area contributed by atoms with E-state index in [1.807, 2.05) is 0 Å². The molecule has 0 bridgehead atoms. The van der Waals surface area contributed by atoms with E-state index in [9.17, 15) is 27.5 Å². The first-order valence-corrected chi connectivity index (χ1v) is 11.8. The molecule has 36 heavy (non-hydrogen) atoms. The molecule has 2 saturated carbocycles. The molecule has 2 aliphatic carbocycles. The van der Waals surface area contributed by atoms with Gasteiger partial charge in [-0.2, -0.15) is 18.3 Å². The van der Waals surface area contributed by atoms with E-state index in [-0.39, 0.29) is 47.9 Å². The molecule has 3 aromatic rings. The van der Waals surface area contributed by atoms with E-state index in [0.717, 1.165) is 4.68 Å². The van der Waals surface area contributed by atoms with Gasteiger partial charge >= 0.3 is 6.18 Å². The lowest BCUT2D eigenvalue weighted by Gasteiger charge is -2.25. The third-order valence-corrected chi connectivity index (χ3v) is 7.62. The van der Waals surface area contributed by atoms with Gasteiger partial charge in [0.2, 0.25) is 0 Å². The van der Waals surface area contributed by atoms with Crippen LogP contribution in [-0.2, 0) is 25.9 Å². The fourth-order valence-electron chi connectivity index (χ4n) is 6.08. The predicted molar refractivity (Wildman–Crippen MR) is 123 cm³/mol. The zero-order chi connectivity index (χ0) is 26.0. The van der Waals surface area contributed by atoms with Crippen LogP contribution in [0, 0.1) is 24.6 Å². The van der Waals surface area contributed by atoms with Gasteiger partial charge < -0.3 is 15.0 Å². The van der Waals surface area contributed by atoms with Gasteiger partial charge in [-0.1, -0.05) is 0 Å². The molecule has 192 valence electrons. The molecule has 0 spiro atoms. The van der Waals surface area contributed by atoms with Crippen molar-refractivity contribution in [3.63, 3.8) is 0 Å². The number of carbonyl (C=O) groups excluding carboxylic acids is 1. The normalized spacial score (nSPS) is 25.8. The summed E-state index contributed by atoms with van der Waals surface area (Å²) in [6.07, 6.45) is -0.192. The van der Waals surface area contributed by atoms with Crippen molar-refractivity contribution < 1.29 is 27.5 Å². The van der Waals surface area contributed by atoms with E-state index >= 15 is 0 Å². The van der Waals surface area contributed by atoms with Crippen molar-refractivity contribution >= 4 is 11.6 Å². The second kappa shape index (κ2) is 8.43. The lowest BCUT2D eigenvalue weighted by molar-refractivity contribution is -0.144. The number of carbonyl (C=O) groups is 1. The number of benzene rings is 1. The van der Waals surface area contributed by atoms with Crippen LogP contribution in [0.1, 0.15) is 64.6 Å². The van der Waals surface area contributed by atoms with Crippen LogP contribution in [0.15, 0.2) is 30.7 Å². The summed E-state index contributed by atoms with van der Waals surface area (Å²) in [5.74, 6) is -0.787. The van der Waals surface area contributed by atoms with E-state index in [1.54, 1.807) is 30.9 Å². The van der Waals surface area contributed by atoms with Crippen LogP contribution in [0.25, 0.3) is 0 Å². The number of rotatable bonds is 4. The Kier molecular flexibility index (Phi) is 5.73. The maximum atomic E-state index is 13.6. The monoisotopic (exact) mass is 505 g/mol. The molecule has 2 heterocycles. The van der Waals surface area contributed by atoms with Gasteiger partial charge in [-0.25, -0.2) is 9.37 Å². The van der Waals surface area contributed by atoms with Crippen LogP contribution in [0.4, 0.5) is 23.2 Å². The van der Waals surface area contributed by atoms with Crippen LogP contribution in [0.3, 0.4) is 0 Å². The van der Waals surface area contributed by atoms with E-state index < -0.39 is 17.5 Å². The molecule has 2 unspecified atom stereocenters. The number of alkyl halides is 3. The predicted octanol–water partition coefficient (Wildman–Crippen LogP) is 4.66. The Morgan fingerprint density at radius 3 is 2.47 bits per heavy atom. The quantitative estimate of drug-likeness (QED) is 0.505. The molecule has 2 N–H and O–H groups in total. The minimum atomic E-state index is -4.65. The molecule has 2 fully saturated rings. The first-order chi connectivity index (χ1) is 16.9. The lowest BCUT2D eigenvalue weighted by Crippen LogP contribution is -2.26. The minimum absolute atomic E-state index is 0.000967. The minimum Gasteiger partial charge on any atom is -0.385 e. The van der Waals surface area contributed by atoms with Gasteiger partial charge in [0.1, 0.15) is 11.5 Å².